The molecule has 4 heteroatoms. The number of nitrogens with zero attached hydrogens (tertiary/aromatic N) is 1. The molecular formula is C22H26N2O2. The van der Waals surface area contributed by atoms with Crippen LogP contribution in [-0.2, 0) is 10.2 Å². The van der Waals surface area contributed by atoms with Crippen LogP contribution in [0.25, 0.3) is 6.08 Å². The number of furan rings is 1. The second kappa shape index (κ2) is 7.32. The summed E-state index contributed by atoms with van der Waals surface area (Å²) in [5.74, 6) is 1.06. The maximum atomic E-state index is 12.3. The number of amides is 1. The Kier molecular flexibility index (Phi) is 5.12. The van der Waals surface area contributed by atoms with Gasteiger partial charge in [-0.2, -0.15) is 5.10 Å². The van der Waals surface area contributed by atoms with E-state index < -0.39 is 0 Å². The minimum atomic E-state index is -0.0133. The van der Waals surface area contributed by atoms with Crippen molar-refractivity contribution in [3.05, 3.63) is 65.6 Å². The molecule has 1 aromatic carbocycles. The third-order valence-corrected chi connectivity index (χ3v) is 4.71. The highest BCUT2D eigenvalue weighted by Gasteiger charge is 2.44. The minimum absolute atomic E-state index is 0.0133. The average molecular weight is 350 g/mol. The highest BCUT2D eigenvalue weighted by atomic mass is 16.3. The van der Waals surface area contributed by atoms with E-state index in [-0.39, 0.29) is 17.2 Å². The Bertz CT molecular complexity index is 809. The van der Waals surface area contributed by atoms with Gasteiger partial charge >= 0.3 is 0 Å². The van der Waals surface area contributed by atoms with Gasteiger partial charge in [0.05, 0.1) is 12.0 Å². The lowest BCUT2D eigenvalue weighted by atomic mass is 9.86. The van der Waals surface area contributed by atoms with Crippen LogP contribution in [0.5, 0.6) is 0 Å². The van der Waals surface area contributed by atoms with E-state index in [1.54, 1.807) is 6.26 Å². The van der Waals surface area contributed by atoms with E-state index in [9.17, 15) is 4.79 Å². The van der Waals surface area contributed by atoms with E-state index in [0.29, 0.717) is 5.92 Å². The summed E-state index contributed by atoms with van der Waals surface area (Å²) in [6, 6.07) is 12.3. The van der Waals surface area contributed by atoms with E-state index in [1.807, 2.05) is 31.2 Å². The highest BCUT2D eigenvalue weighted by molar-refractivity contribution is 5.97. The summed E-state index contributed by atoms with van der Waals surface area (Å²) >= 11 is 0. The van der Waals surface area contributed by atoms with Crippen molar-refractivity contribution >= 4 is 17.7 Å². The molecule has 1 aliphatic carbocycles. The van der Waals surface area contributed by atoms with Crippen molar-refractivity contribution in [2.24, 2.45) is 11.0 Å². The van der Waals surface area contributed by atoms with Crippen molar-refractivity contribution in [3.8, 4) is 0 Å². The maximum absolute atomic E-state index is 12.3. The third kappa shape index (κ3) is 4.51. The molecular weight excluding hydrogens is 324 g/mol. The van der Waals surface area contributed by atoms with Gasteiger partial charge in [-0.25, -0.2) is 5.43 Å². The number of allylic oxidation sites excluding steroid dienone is 1. The molecule has 0 unspecified atom stereocenters. The molecule has 1 fully saturated rings. The zero-order valence-electron chi connectivity index (χ0n) is 15.8. The largest absolute Gasteiger partial charge is 0.465 e. The Balaban J connectivity index is 1.53. The summed E-state index contributed by atoms with van der Waals surface area (Å²) in [5, 5.41) is 4.15. The smallest absolute Gasteiger partial charge is 0.243 e. The molecule has 0 spiro atoms. The van der Waals surface area contributed by atoms with Gasteiger partial charge in [0, 0.05) is 5.92 Å². The second-order valence-corrected chi connectivity index (χ2v) is 7.90. The molecule has 1 aromatic heterocycles. The van der Waals surface area contributed by atoms with Crippen molar-refractivity contribution < 1.29 is 9.21 Å². The summed E-state index contributed by atoms with van der Waals surface area (Å²) in [4.78, 5) is 12.3. The lowest BCUT2D eigenvalue weighted by Gasteiger charge is -2.19. The number of rotatable bonds is 5. The molecule has 0 aliphatic heterocycles. The summed E-state index contributed by atoms with van der Waals surface area (Å²) in [5.41, 5.74) is 6.09. The molecule has 0 bridgehead atoms. The van der Waals surface area contributed by atoms with E-state index in [2.05, 4.69) is 55.6 Å². The standard InChI is InChI=1S/C22H26N2O2/c1-15(7-12-18-6-5-13-26-18)23-24-21(25)20-14-19(20)16-8-10-17(11-9-16)22(2,3)4/h5-13,19-20H,14H2,1-4H3,(H,24,25)/b12-7+,23-15+/t19-,20+/m0/s1. The van der Waals surface area contributed by atoms with Gasteiger partial charge in [0.2, 0.25) is 5.91 Å². The molecule has 136 valence electrons. The van der Waals surface area contributed by atoms with Crippen molar-refractivity contribution in [2.45, 2.75) is 45.4 Å². The van der Waals surface area contributed by atoms with Crippen LogP contribution < -0.4 is 5.43 Å². The zero-order chi connectivity index (χ0) is 18.7. The van der Waals surface area contributed by atoms with E-state index in [0.717, 1.165) is 17.9 Å². The number of benzene rings is 1. The third-order valence-electron chi connectivity index (χ3n) is 4.71. The molecule has 1 saturated carbocycles. The first-order valence-electron chi connectivity index (χ1n) is 9.01. The molecule has 1 N–H and O–H groups in total. The second-order valence-electron chi connectivity index (χ2n) is 7.90. The van der Waals surface area contributed by atoms with Crippen LogP contribution in [-0.4, -0.2) is 11.6 Å². The van der Waals surface area contributed by atoms with Gasteiger partial charge in [0.25, 0.3) is 0 Å². The summed E-state index contributed by atoms with van der Waals surface area (Å²) in [6.07, 6.45) is 6.14. The SMILES string of the molecule is CC(/C=C/c1ccco1)=N\NC(=O)[C@@H]1C[C@H]1c1ccc(C(C)(C)C)cc1. The van der Waals surface area contributed by atoms with Crippen molar-refractivity contribution in [1.82, 2.24) is 5.43 Å². The Hall–Kier alpha value is -2.62. The van der Waals surface area contributed by atoms with E-state index >= 15 is 0 Å². The first-order chi connectivity index (χ1) is 12.3. The lowest BCUT2D eigenvalue weighted by molar-refractivity contribution is -0.122. The Morgan fingerprint density at radius 1 is 1.23 bits per heavy atom. The summed E-state index contributed by atoms with van der Waals surface area (Å²) in [7, 11) is 0. The Morgan fingerprint density at radius 3 is 2.58 bits per heavy atom. The van der Waals surface area contributed by atoms with Gasteiger partial charge in [-0.15, -0.1) is 0 Å². The van der Waals surface area contributed by atoms with Crippen molar-refractivity contribution in [2.75, 3.05) is 0 Å². The van der Waals surface area contributed by atoms with Crippen LogP contribution in [0.3, 0.4) is 0 Å². The monoisotopic (exact) mass is 350 g/mol. The number of nitrogens with one attached hydrogen (secondary N) is 1. The van der Waals surface area contributed by atoms with E-state index in [4.69, 9.17) is 4.42 Å². The predicted octanol–water partition coefficient (Wildman–Crippen LogP) is 4.89. The van der Waals surface area contributed by atoms with Crippen LogP contribution in [0.1, 0.15) is 56.9 Å². The quantitative estimate of drug-likeness (QED) is 0.617. The van der Waals surface area contributed by atoms with Gasteiger partial charge in [0.1, 0.15) is 5.76 Å². The van der Waals surface area contributed by atoms with Gasteiger partial charge < -0.3 is 4.42 Å². The molecule has 2 atom stereocenters. The van der Waals surface area contributed by atoms with Gasteiger partial charge in [-0.1, -0.05) is 45.0 Å². The van der Waals surface area contributed by atoms with Crippen molar-refractivity contribution in [3.63, 3.8) is 0 Å². The summed E-state index contributed by atoms with van der Waals surface area (Å²) in [6.45, 7) is 8.46. The van der Waals surface area contributed by atoms with Crippen LogP contribution in [0.15, 0.2) is 58.3 Å². The predicted molar refractivity (Wildman–Crippen MR) is 105 cm³/mol. The molecule has 1 aliphatic rings. The molecule has 2 aromatic rings. The molecule has 26 heavy (non-hydrogen) atoms. The molecule has 3 rings (SSSR count). The highest BCUT2D eigenvalue weighted by Crippen LogP contribution is 2.47. The first kappa shape index (κ1) is 18.2. The molecule has 4 nitrogen and oxygen atoms in total. The number of carbonyl (C=O) groups is 1. The molecule has 0 radical (unpaired) electrons. The Morgan fingerprint density at radius 2 is 1.96 bits per heavy atom. The normalized spacial score (nSPS) is 20.4. The maximum Gasteiger partial charge on any atom is 0.243 e. The number of hydrazone groups is 1. The fraction of sp³-hybridized carbons (Fsp3) is 0.364. The molecule has 0 saturated heterocycles. The molecule has 1 heterocycles. The molecule has 1 amide bonds. The fourth-order valence-corrected chi connectivity index (χ4v) is 2.94. The minimum Gasteiger partial charge on any atom is -0.465 e. The average Bonchev–Trinajstić information content (AvgIpc) is 3.24. The number of hydrogen-bond acceptors (Lipinski definition) is 3. The Labute approximate surface area is 155 Å². The van der Waals surface area contributed by atoms with Crippen LogP contribution in [0.2, 0.25) is 0 Å². The number of carbonyl (C=O) groups excluding carboxylic acids is 1. The lowest BCUT2D eigenvalue weighted by Crippen LogP contribution is -2.21. The fourth-order valence-electron chi connectivity index (χ4n) is 2.94. The summed E-state index contributed by atoms with van der Waals surface area (Å²) < 4.78 is 5.22. The van der Waals surface area contributed by atoms with E-state index in [1.165, 1.54) is 11.1 Å². The van der Waals surface area contributed by atoms with Gasteiger partial charge in [0.15, 0.2) is 0 Å². The first-order valence-corrected chi connectivity index (χ1v) is 9.01. The van der Waals surface area contributed by atoms with Gasteiger partial charge in [-0.05, 0) is 60.1 Å². The zero-order valence-corrected chi connectivity index (χ0v) is 15.8. The number of hydrogen-bond donors (Lipinski definition) is 1. The van der Waals surface area contributed by atoms with Crippen LogP contribution in [0, 0.1) is 5.92 Å². The van der Waals surface area contributed by atoms with Crippen molar-refractivity contribution in [1.29, 1.82) is 0 Å². The van der Waals surface area contributed by atoms with Crippen LogP contribution in [0.4, 0.5) is 0 Å². The van der Waals surface area contributed by atoms with Crippen LogP contribution >= 0.6 is 0 Å². The topological polar surface area (TPSA) is 54.6 Å². The van der Waals surface area contributed by atoms with Gasteiger partial charge in [-0.3, -0.25) is 4.79 Å².